The molecule has 0 fully saturated rings. The van der Waals surface area contributed by atoms with Crippen LogP contribution in [-0.2, 0) is 7.05 Å². The van der Waals surface area contributed by atoms with Crippen LogP contribution in [0.1, 0.15) is 30.8 Å². The van der Waals surface area contributed by atoms with Gasteiger partial charge in [-0.3, -0.25) is 9.48 Å². The van der Waals surface area contributed by atoms with E-state index in [1.54, 1.807) is 4.68 Å². The number of aryl methyl sites for hydroxylation is 1. The number of amides is 1. The normalized spacial score (nSPS) is 11.8. The Balaban J connectivity index is 2.32. The van der Waals surface area contributed by atoms with Crippen molar-refractivity contribution in [1.29, 1.82) is 0 Å². The molecule has 5 nitrogen and oxygen atoms in total. The van der Waals surface area contributed by atoms with Gasteiger partial charge in [-0.1, -0.05) is 18.2 Å². The van der Waals surface area contributed by atoms with Gasteiger partial charge in [0.2, 0.25) is 0 Å². The average Bonchev–Trinajstić information content (AvgIpc) is 2.67. The molecule has 0 bridgehead atoms. The van der Waals surface area contributed by atoms with E-state index < -0.39 is 5.54 Å². The Hall–Kier alpha value is -1.88. The lowest BCUT2D eigenvalue weighted by Crippen LogP contribution is -2.44. The van der Waals surface area contributed by atoms with Crippen molar-refractivity contribution in [3.05, 3.63) is 30.0 Å². The predicted octanol–water partition coefficient (Wildman–Crippen LogP) is 1.46. The van der Waals surface area contributed by atoms with Gasteiger partial charge in [0, 0.05) is 24.6 Å². The fourth-order valence-electron chi connectivity index (χ4n) is 2.09. The topological polar surface area (TPSA) is 67.2 Å². The van der Waals surface area contributed by atoms with Gasteiger partial charge < -0.3 is 10.4 Å². The van der Waals surface area contributed by atoms with Crippen molar-refractivity contribution in [2.45, 2.75) is 25.8 Å². The average molecular weight is 261 g/mol. The molecule has 19 heavy (non-hydrogen) atoms. The second-order valence-electron chi connectivity index (χ2n) is 5.30. The van der Waals surface area contributed by atoms with Crippen molar-refractivity contribution in [3.8, 4) is 0 Å². The first-order chi connectivity index (χ1) is 8.94. The van der Waals surface area contributed by atoms with Gasteiger partial charge in [-0.2, -0.15) is 5.10 Å². The van der Waals surface area contributed by atoms with Crippen LogP contribution in [0.5, 0.6) is 0 Å². The molecule has 102 valence electrons. The number of carbonyl (C=O) groups excluding carboxylic acids is 1. The molecule has 0 radical (unpaired) electrons. The van der Waals surface area contributed by atoms with Crippen LogP contribution in [0.2, 0.25) is 0 Å². The Bertz CT molecular complexity index is 602. The molecule has 0 atom stereocenters. The van der Waals surface area contributed by atoms with E-state index in [0.29, 0.717) is 12.1 Å². The fraction of sp³-hybridized carbons (Fsp3) is 0.429. The molecule has 2 aromatic rings. The van der Waals surface area contributed by atoms with Gasteiger partial charge in [-0.15, -0.1) is 0 Å². The Kier molecular flexibility index (Phi) is 3.57. The maximum atomic E-state index is 12.3. The molecule has 0 spiro atoms. The number of hydrogen-bond donors (Lipinski definition) is 2. The van der Waals surface area contributed by atoms with E-state index in [9.17, 15) is 4.79 Å². The van der Waals surface area contributed by atoms with Gasteiger partial charge in [0.15, 0.2) is 5.69 Å². The number of para-hydroxylation sites is 1. The molecule has 0 saturated carbocycles. The molecule has 1 amide bonds. The first kappa shape index (κ1) is 13.5. The zero-order valence-electron chi connectivity index (χ0n) is 11.5. The van der Waals surface area contributed by atoms with Crippen LogP contribution in [0.25, 0.3) is 10.9 Å². The number of aliphatic hydroxyl groups excluding tert-OH is 1. The zero-order valence-corrected chi connectivity index (χ0v) is 11.5. The molecule has 0 aliphatic rings. The monoisotopic (exact) mass is 261 g/mol. The zero-order chi connectivity index (χ0) is 14.0. The number of aromatic nitrogens is 2. The summed E-state index contributed by atoms with van der Waals surface area (Å²) in [5.74, 6) is -0.213. The predicted molar refractivity (Wildman–Crippen MR) is 74.0 cm³/mol. The first-order valence-electron chi connectivity index (χ1n) is 6.30. The standard InChI is InChI=1S/C14H19N3O2/c1-14(2,8-9-18)15-13(19)12-10-6-4-5-7-11(10)17(3)16-12/h4-7,18H,8-9H2,1-3H3,(H,15,19). The highest BCUT2D eigenvalue weighted by Crippen LogP contribution is 2.18. The van der Waals surface area contributed by atoms with Crippen LogP contribution < -0.4 is 5.32 Å². The third-order valence-electron chi connectivity index (χ3n) is 3.16. The molecule has 2 rings (SSSR count). The summed E-state index contributed by atoms with van der Waals surface area (Å²) in [5.41, 5.74) is 0.890. The fourth-order valence-corrected chi connectivity index (χ4v) is 2.09. The quantitative estimate of drug-likeness (QED) is 0.875. The number of nitrogens with zero attached hydrogens (tertiary/aromatic N) is 2. The van der Waals surface area contributed by atoms with E-state index in [1.165, 1.54) is 0 Å². The van der Waals surface area contributed by atoms with Gasteiger partial charge in [-0.05, 0) is 26.3 Å². The van der Waals surface area contributed by atoms with Gasteiger partial charge in [0.25, 0.3) is 5.91 Å². The highest BCUT2D eigenvalue weighted by Gasteiger charge is 2.23. The van der Waals surface area contributed by atoms with Crippen molar-refractivity contribution < 1.29 is 9.90 Å². The van der Waals surface area contributed by atoms with Crippen molar-refractivity contribution in [2.24, 2.45) is 7.05 Å². The Labute approximate surface area is 112 Å². The van der Waals surface area contributed by atoms with Gasteiger partial charge in [-0.25, -0.2) is 0 Å². The second kappa shape index (κ2) is 5.01. The Morgan fingerprint density at radius 3 is 2.79 bits per heavy atom. The summed E-state index contributed by atoms with van der Waals surface area (Å²) in [4.78, 5) is 12.3. The highest BCUT2D eigenvalue weighted by molar-refractivity contribution is 6.05. The van der Waals surface area contributed by atoms with E-state index in [2.05, 4.69) is 10.4 Å². The molecule has 0 unspecified atom stereocenters. The highest BCUT2D eigenvalue weighted by atomic mass is 16.3. The van der Waals surface area contributed by atoms with Crippen molar-refractivity contribution >= 4 is 16.8 Å². The lowest BCUT2D eigenvalue weighted by molar-refractivity contribution is 0.0895. The summed E-state index contributed by atoms with van der Waals surface area (Å²) < 4.78 is 1.70. The van der Waals surface area contributed by atoms with Crippen molar-refractivity contribution in [2.75, 3.05) is 6.61 Å². The summed E-state index contributed by atoms with van der Waals surface area (Å²) in [5, 5.41) is 17.0. The number of rotatable bonds is 4. The third kappa shape index (κ3) is 2.76. The molecule has 0 saturated heterocycles. The molecule has 0 aliphatic carbocycles. The summed E-state index contributed by atoms with van der Waals surface area (Å²) in [7, 11) is 1.82. The van der Waals surface area contributed by atoms with Crippen LogP contribution in [-0.4, -0.2) is 32.9 Å². The summed E-state index contributed by atoms with van der Waals surface area (Å²) in [6, 6.07) is 7.62. The van der Waals surface area contributed by atoms with Crippen LogP contribution in [0.15, 0.2) is 24.3 Å². The lowest BCUT2D eigenvalue weighted by Gasteiger charge is -2.24. The van der Waals surface area contributed by atoms with Crippen LogP contribution in [0.4, 0.5) is 0 Å². The molecule has 1 aromatic carbocycles. The van der Waals surface area contributed by atoms with Crippen LogP contribution >= 0.6 is 0 Å². The molecular formula is C14H19N3O2. The van der Waals surface area contributed by atoms with E-state index in [1.807, 2.05) is 45.2 Å². The second-order valence-corrected chi connectivity index (χ2v) is 5.30. The van der Waals surface area contributed by atoms with Gasteiger partial charge in [0.1, 0.15) is 0 Å². The number of carbonyl (C=O) groups is 1. The maximum absolute atomic E-state index is 12.3. The summed E-state index contributed by atoms with van der Waals surface area (Å²) in [6.45, 7) is 3.80. The molecule has 2 N–H and O–H groups in total. The largest absolute Gasteiger partial charge is 0.396 e. The SMILES string of the molecule is Cn1nc(C(=O)NC(C)(C)CCO)c2ccccc21. The summed E-state index contributed by atoms with van der Waals surface area (Å²) in [6.07, 6.45) is 0.503. The number of aliphatic hydroxyl groups is 1. The van der Waals surface area contributed by atoms with E-state index in [-0.39, 0.29) is 12.5 Å². The number of hydrogen-bond acceptors (Lipinski definition) is 3. The molecule has 1 heterocycles. The molecule has 5 heteroatoms. The summed E-state index contributed by atoms with van der Waals surface area (Å²) >= 11 is 0. The molecule has 1 aromatic heterocycles. The van der Waals surface area contributed by atoms with Crippen molar-refractivity contribution in [1.82, 2.24) is 15.1 Å². The Morgan fingerprint density at radius 1 is 1.42 bits per heavy atom. The third-order valence-corrected chi connectivity index (χ3v) is 3.16. The van der Waals surface area contributed by atoms with Crippen molar-refractivity contribution in [3.63, 3.8) is 0 Å². The minimum Gasteiger partial charge on any atom is -0.396 e. The van der Waals surface area contributed by atoms with E-state index in [0.717, 1.165) is 10.9 Å². The number of nitrogens with one attached hydrogen (secondary N) is 1. The minimum absolute atomic E-state index is 0.0379. The van der Waals surface area contributed by atoms with Crippen LogP contribution in [0, 0.1) is 0 Å². The smallest absolute Gasteiger partial charge is 0.272 e. The Morgan fingerprint density at radius 2 is 2.11 bits per heavy atom. The van der Waals surface area contributed by atoms with E-state index >= 15 is 0 Å². The van der Waals surface area contributed by atoms with Gasteiger partial charge >= 0.3 is 0 Å². The van der Waals surface area contributed by atoms with Gasteiger partial charge in [0.05, 0.1) is 5.52 Å². The minimum atomic E-state index is -0.454. The lowest BCUT2D eigenvalue weighted by atomic mass is 10.0. The first-order valence-corrected chi connectivity index (χ1v) is 6.30. The molecular weight excluding hydrogens is 242 g/mol. The maximum Gasteiger partial charge on any atom is 0.272 e. The van der Waals surface area contributed by atoms with E-state index in [4.69, 9.17) is 5.11 Å². The molecule has 0 aliphatic heterocycles. The number of fused-ring (bicyclic) bond motifs is 1. The van der Waals surface area contributed by atoms with Crippen LogP contribution in [0.3, 0.4) is 0 Å². The number of benzene rings is 1.